The zero-order chi connectivity index (χ0) is 18.0. The molecular weight excluding hydrogens is 352 g/mol. The van der Waals surface area contributed by atoms with Crippen molar-refractivity contribution in [3.63, 3.8) is 0 Å². The average Bonchev–Trinajstić information content (AvgIpc) is 2.52. The summed E-state index contributed by atoms with van der Waals surface area (Å²) in [5.74, 6) is -0.0900. The maximum absolute atomic E-state index is 12.8. The van der Waals surface area contributed by atoms with Crippen molar-refractivity contribution in [1.29, 1.82) is 0 Å². The lowest BCUT2D eigenvalue weighted by atomic mass is 10.2. The van der Waals surface area contributed by atoms with Crippen LogP contribution in [0.15, 0.2) is 23.1 Å². The summed E-state index contributed by atoms with van der Waals surface area (Å²) < 4.78 is 57.4. The van der Waals surface area contributed by atoms with Crippen LogP contribution in [0.3, 0.4) is 0 Å². The van der Waals surface area contributed by atoms with E-state index in [9.17, 15) is 16.8 Å². The number of piperazine rings is 1. The molecule has 0 atom stereocenters. The van der Waals surface area contributed by atoms with Crippen LogP contribution in [0.1, 0.15) is 11.1 Å². The van der Waals surface area contributed by atoms with Gasteiger partial charge in [0, 0.05) is 33.3 Å². The summed E-state index contributed by atoms with van der Waals surface area (Å²) in [6.07, 6.45) is 0. The van der Waals surface area contributed by atoms with Gasteiger partial charge in [0.2, 0.25) is 20.0 Å². The van der Waals surface area contributed by atoms with E-state index in [1.54, 1.807) is 19.1 Å². The third-order valence-electron chi connectivity index (χ3n) is 4.08. The van der Waals surface area contributed by atoms with E-state index in [1.165, 1.54) is 15.7 Å². The Hall–Kier alpha value is -1.00. The van der Waals surface area contributed by atoms with E-state index in [0.29, 0.717) is 5.56 Å². The first-order valence-corrected chi connectivity index (χ1v) is 10.8. The Morgan fingerprint density at radius 1 is 1.00 bits per heavy atom. The van der Waals surface area contributed by atoms with Gasteiger partial charge in [-0.1, -0.05) is 17.7 Å². The van der Waals surface area contributed by atoms with E-state index in [4.69, 9.17) is 4.74 Å². The van der Waals surface area contributed by atoms with Gasteiger partial charge in [-0.15, -0.1) is 0 Å². The Labute approximate surface area is 144 Å². The molecule has 1 saturated heterocycles. The minimum atomic E-state index is -3.61. The number of hydrogen-bond acceptors (Lipinski definition) is 5. The van der Waals surface area contributed by atoms with E-state index in [0.717, 1.165) is 5.56 Å². The Morgan fingerprint density at radius 2 is 1.58 bits per heavy atom. The summed E-state index contributed by atoms with van der Waals surface area (Å²) in [6.45, 7) is 4.44. The lowest BCUT2D eigenvalue weighted by Crippen LogP contribution is -2.51. The molecule has 0 aromatic heterocycles. The van der Waals surface area contributed by atoms with E-state index < -0.39 is 20.0 Å². The minimum absolute atomic E-state index is 0.0900. The normalized spacial score (nSPS) is 18.0. The van der Waals surface area contributed by atoms with E-state index in [2.05, 4.69) is 0 Å². The molecule has 0 N–H and O–H groups in total. The van der Waals surface area contributed by atoms with Crippen LogP contribution in [0.25, 0.3) is 0 Å². The highest BCUT2D eigenvalue weighted by Gasteiger charge is 2.33. The van der Waals surface area contributed by atoms with Crippen molar-refractivity contribution < 1.29 is 21.6 Å². The van der Waals surface area contributed by atoms with Crippen LogP contribution in [0.2, 0.25) is 0 Å². The number of hydrogen-bond donors (Lipinski definition) is 0. The Bertz CT molecular complexity index is 782. The van der Waals surface area contributed by atoms with Gasteiger partial charge in [0.05, 0.1) is 17.3 Å². The minimum Gasteiger partial charge on any atom is -0.384 e. The van der Waals surface area contributed by atoms with Crippen molar-refractivity contribution in [3.05, 3.63) is 29.3 Å². The van der Waals surface area contributed by atoms with Crippen molar-refractivity contribution in [3.8, 4) is 0 Å². The predicted molar refractivity (Wildman–Crippen MR) is 91.9 cm³/mol. The summed E-state index contributed by atoms with van der Waals surface area (Å²) >= 11 is 0. The Kier molecular flexibility index (Phi) is 6.03. The molecule has 0 spiro atoms. The van der Waals surface area contributed by atoms with Gasteiger partial charge >= 0.3 is 0 Å². The highest BCUT2D eigenvalue weighted by molar-refractivity contribution is 7.89. The van der Waals surface area contributed by atoms with Crippen LogP contribution >= 0.6 is 0 Å². The summed E-state index contributed by atoms with van der Waals surface area (Å²) in [7, 11) is -5.57. The van der Waals surface area contributed by atoms with Gasteiger partial charge in [-0.25, -0.2) is 16.8 Å². The van der Waals surface area contributed by atoms with Crippen molar-refractivity contribution in [1.82, 2.24) is 8.61 Å². The molecule has 0 saturated carbocycles. The molecule has 7 nitrogen and oxygen atoms in total. The van der Waals surface area contributed by atoms with Gasteiger partial charge in [-0.2, -0.15) is 8.61 Å². The highest BCUT2D eigenvalue weighted by Crippen LogP contribution is 2.22. The molecule has 0 amide bonds. The van der Waals surface area contributed by atoms with Gasteiger partial charge in [0.25, 0.3) is 0 Å². The zero-order valence-corrected chi connectivity index (χ0v) is 15.9. The molecular formula is C15H24N2O5S2. The number of ether oxygens (including phenoxy) is 1. The second kappa shape index (κ2) is 7.49. The second-order valence-corrected chi connectivity index (χ2v) is 9.88. The third-order valence-corrected chi connectivity index (χ3v) is 7.98. The monoisotopic (exact) mass is 376 g/mol. The largest absolute Gasteiger partial charge is 0.384 e. The lowest BCUT2D eigenvalue weighted by Gasteiger charge is -2.33. The second-order valence-electron chi connectivity index (χ2n) is 5.88. The number of sulfonamides is 2. The van der Waals surface area contributed by atoms with Gasteiger partial charge in [-0.05, 0) is 25.5 Å². The molecule has 1 fully saturated rings. The molecule has 1 aromatic carbocycles. The van der Waals surface area contributed by atoms with Crippen molar-refractivity contribution >= 4 is 20.0 Å². The molecule has 0 aliphatic carbocycles. The number of aryl methyl sites for hydroxylation is 2. The van der Waals surface area contributed by atoms with Crippen molar-refractivity contribution in [2.45, 2.75) is 18.7 Å². The third kappa shape index (κ3) is 4.15. The smallest absolute Gasteiger partial charge is 0.243 e. The quantitative estimate of drug-likeness (QED) is 0.725. The summed E-state index contributed by atoms with van der Waals surface area (Å²) in [5, 5.41) is 0. The number of benzene rings is 1. The molecule has 9 heteroatoms. The predicted octanol–water partition coefficient (Wildman–Crippen LogP) is 0.586. The van der Waals surface area contributed by atoms with Crippen LogP contribution in [0.4, 0.5) is 0 Å². The standard InChI is InChI=1S/C15H24N2O5S2/c1-13-4-5-15(14(2)12-13)24(20,21)17-8-6-16(7-9-17)23(18,19)11-10-22-3/h4-5,12H,6-11H2,1-3H3. The first-order chi connectivity index (χ1) is 11.2. The lowest BCUT2D eigenvalue weighted by molar-refractivity contribution is 0.213. The van der Waals surface area contributed by atoms with Crippen LogP contribution < -0.4 is 0 Å². The van der Waals surface area contributed by atoms with Crippen molar-refractivity contribution in [2.75, 3.05) is 45.6 Å². The summed E-state index contributed by atoms with van der Waals surface area (Å²) in [5.41, 5.74) is 1.70. The SMILES string of the molecule is COCCS(=O)(=O)N1CCN(S(=O)(=O)c2ccc(C)cc2C)CC1. The summed E-state index contributed by atoms with van der Waals surface area (Å²) in [4.78, 5) is 0.281. The van der Waals surface area contributed by atoms with Gasteiger partial charge in [0.15, 0.2) is 0 Å². The van der Waals surface area contributed by atoms with E-state index >= 15 is 0 Å². The molecule has 1 aliphatic heterocycles. The fraction of sp³-hybridized carbons (Fsp3) is 0.600. The van der Waals surface area contributed by atoms with Gasteiger partial charge in [-0.3, -0.25) is 0 Å². The first-order valence-electron chi connectivity index (χ1n) is 7.72. The number of rotatable bonds is 6. The molecule has 1 heterocycles. The Balaban J connectivity index is 2.11. The molecule has 0 bridgehead atoms. The van der Waals surface area contributed by atoms with Crippen molar-refractivity contribution in [2.24, 2.45) is 0 Å². The van der Waals surface area contributed by atoms with Crippen LogP contribution in [0.5, 0.6) is 0 Å². The van der Waals surface area contributed by atoms with Crippen LogP contribution in [-0.4, -0.2) is 71.1 Å². The highest BCUT2D eigenvalue weighted by atomic mass is 32.2. The molecule has 1 aromatic rings. The Morgan fingerprint density at radius 3 is 2.12 bits per heavy atom. The topological polar surface area (TPSA) is 84.0 Å². The molecule has 2 rings (SSSR count). The first kappa shape index (κ1) is 19.3. The van der Waals surface area contributed by atoms with Gasteiger partial charge < -0.3 is 4.74 Å². The fourth-order valence-electron chi connectivity index (χ4n) is 2.73. The van der Waals surface area contributed by atoms with Gasteiger partial charge in [0.1, 0.15) is 0 Å². The average molecular weight is 377 g/mol. The number of methoxy groups -OCH3 is 1. The zero-order valence-electron chi connectivity index (χ0n) is 14.2. The molecule has 24 heavy (non-hydrogen) atoms. The molecule has 0 unspecified atom stereocenters. The summed E-state index contributed by atoms with van der Waals surface area (Å²) in [6, 6.07) is 5.21. The van der Waals surface area contributed by atoms with Crippen LogP contribution in [0, 0.1) is 13.8 Å². The van der Waals surface area contributed by atoms with E-state index in [-0.39, 0.29) is 43.4 Å². The number of nitrogens with zero attached hydrogens (tertiary/aromatic N) is 2. The fourth-order valence-corrected chi connectivity index (χ4v) is 5.72. The maximum Gasteiger partial charge on any atom is 0.243 e. The van der Waals surface area contributed by atoms with Crippen LogP contribution in [-0.2, 0) is 24.8 Å². The molecule has 0 radical (unpaired) electrons. The molecule has 1 aliphatic rings. The van der Waals surface area contributed by atoms with E-state index in [1.807, 2.05) is 13.0 Å². The molecule has 136 valence electrons. The maximum atomic E-state index is 12.8.